The quantitative estimate of drug-likeness (QED) is 0.812. The summed E-state index contributed by atoms with van der Waals surface area (Å²) in [5, 5.41) is 2.73. The van der Waals surface area contributed by atoms with Gasteiger partial charge in [-0.2, -0.15) is 0 Å². The summed E-state index contributed by atoms with van der Waals surface area (Å²) >= 11 is 3.33. The molecule has 0 aliphatic rings. The first-order chi connectivity index (χ1) is 10.1. The zero-order valence-electron chi connectivity index (χ0n) is 11.4. The van der Waals surface area contributed by atoms with Crippen LogP contribution in [-0.2, 0) is 4.79 Å². The van der Waals surface area contributed by atoms with Crippen LogP contribution in [0.25, 0.3) is 0 Å². The van der Waals surface area contributed by atoms with E-state index in [0.717, 1.165) is 0 Å². The average molecular weight is 351 g/mol. The highest BCUT2D eigenvalue weighted by Gasteiger charge is 2.09. The van der Waals surface area contributed by atoms with E-state index < -0.39 is 0 Å². The number of benzene rings is 2. The molecule has 0 spiro atoms. The Morgan fingerprint density at radius 2 is 2.05 bits per heavy atom. The van der Waals surface area contributed by atoms with Crippen LogP contribution in [0.4, 0.5) is 11.4 Å². The molecular formula is C15H15BrN2O3. The van der Waals surface area contributed by atoms with Crippen molar-refractivity contribution in [1.29, 1.82) is 0 Å². The van der Waals surface area contributed by atoms with Crippen LogP contribution in [0.2, 0.25) is 0 Å². The van der Waals surface area contributed by atoms with Gasteiger partial charge in [0.25, 0.3) is 5.91 Å². The van der Waals surface area contributed by atoms with Gasteiger partial charge in [0, 0.05) is 11.8 Å². The molecule has 110 valence electrons. The second-order valence-corrected chi connectivity index (χ2v) is 5.08. The van der Waals surface area contributed by atoms with Gasteiger partial charge in [-0.25, -0.2) is 0 Å². The molecule has 0 aliphatic heterocycles. The molecule has 0 fully saturated rings. The molecule has 0 saturated carbocycles. The van der Waals surface area contributed by atoms with E-state index in [2.05, 4.69) is 21.2 Å². The first-order valence-electron chi connectivity index (χ1n) is 6.21. The Labute approximate surface area is 131 Å². The van der Waals surface area contributed by atoms with Crippen molar-refractivity contribution < 1.29 is 14.3 Å². The van der Waals surface area contributed by atoms with E-state index in [4.69, 9.17) is 15.2 Å². The summed E-state index contributed by atoms with van der Waals surface area (Å²) in [5.41, 5.74) is 6.91. The molecule has 2 aromatic carbocycles. The first-order valence-corrected chi connectivity index (χ1v) is 7.00. The third kappa shape index (κ3) is 4.13. The molecule has 0 heterocycles. The first kappa shape index (κ1) is 15.2. The zero-order chi connectivity index (χ0) is 15.2. The minimum atomic E-state index is -0.279. The number of hydrogen-bond acceptors (Lipinski definition) is 4. The third-order valence-electron chi connectivity index (χ3n) is 2.70. The summed E-state index contributed by atoms with van der Waals surface area (Å²) in [6, 6.07) is 12.4. The van der Waals surface area contributed by atoms with Gasteiger partial charge in [-0.3, -0.25) is 4.79 Å². The number of rotatable bonds is 5. The van der Waals surface area contributed by atoms with Crippen LogP contribution in [-0.4, -0.2) is 19.6 Å². The number of nitrogens with one attached hydrogen (secondary N) is 1. The van der Waals surface area contributed by atoms with E-state index in [0.29, 0.717) is 27.3 Å². The summed E-state index contributed by atoms with van der Waals surface area (Å²) in [4.78, 5) is 11.9. The van der Waals surface area contributed by atoms with Crippen molar-refractivity contribution in [2.75, 3.05) is 24.8 Å². The van der Waals surface area contributed by atoms with Gasteiger partial charge in [0.05, 0.1) is 17.3 Å². The fourth-order valence-electron chi connectivity index (χ4n) is 1.71. The van der Waals surface area contributed by atoms with E-state index >= 15 is 0 Å². The fourth-order valence-corrected chi connectivity index (χ4v) is 2.21. The van der Waals surface area contributed by atoms with Crippen molar-refractivity contribution in [3.05, 3.63) is 46.9 Å². The molecule has 0 radical (unpaired) electrons. The van der Waals surface area contributed by atoms with Gasteiger partial charge in [0.1, 0.15) is 5.75 Å². The zero-order valence-corrected chi connectivity index (χ0v) is 13.0. The number of nitrogen functional groups attached to an aromatic ring is 1. The van der Waals surface area contributed by atoms with E-state index in [-0.39, 0.29) is 12.5 Å². The molecule has 3 N–H and O–H groups in total. The van der Waals surface area contributed by atoms with Crippen LogP contribution in [0.1, 0.15) is 0 Å². The molecular weight excluding hydrogens is 336 g/mol. The van der Waals surface area contributed by atoms with Crippen LogP contribution in [0, 0.1) is 0 Å². The maximum absolute atomic E-state index is 11.9. The van der Waals surface area contributed by atoms with Gasteiger partial charge >= 0.3 is 0 Å². The van der Waals surface area contributed by atoms with Crippen LogP contribution in [0.5, 0.6) is 11.5 Å². The maximum atomic E-state index is 11.9. The van der Waals surface area contributed by atoms with Gasteiger partial charge in [-0.05, 0) is 40.2 Å². The Balaban J connectivity index is 1.96. The Morgan fingerprint density at radius 3 is 2.76 bits per heavy atom. The number of carbonyl (C=O) groups excluding carboxylic acids is 1. The van der Waals surface area contributed by atoms with Crippen molar-refractivity contribution in [1.82, 2.24) is 0 Å². The number of anilines is 2. The Hall–Kier alpha value is -2.21. The minimum Gasteiger partial charge on any atom is -0.497 e. The van der Waals surface area contributed by atoms with E-state index in [9.17, 15) is 4.79 Å². The minimum absolute atomic E-state index is 0.135. The normalized spacial score (nSPS) is 10.0. The topological polar surface area (TPSA) is 73.6 Å². The number of ether oxygens (including phenoxy) is 2. The monoisotopic (exact) mass is 350 g/mol. The number of carbonyl (C=O) groups is 1. The summed E-state index contributed by atoms with van der Waals surface area (Å²) in [6.45, 7) is -0.135. The lowest BCUT2D eigenvalue weighted by Gasteiger charge is -2.11. The number of para-hydroxylation sites is 1. The van der Waals surface area contributed by atoms with Crippen molar-refractivity contribution >= 4 is 33.2 Å². The van der Waals surface area contributed by atoms with E-state index in [1.165, 1.54) is 0 Å². The highest BCUT2D eigenvalue weighted by Crippen LogP contribution is 2.30. The molecule has 5 nitrogen and oxygen atoms in total. The second-order valence-electron chi connectivity index (χ2n) is 4.23. The average Bonchev–Trinajstić information content (AvgIpc) is 2.47. The Morgan fingerprint density at radius 1 is 1.29 bits per heavy atom. The molecule has 0 saturated heterocycles. The van der Waals surface area contributed by atoms with Gasteiger partial charge in [-0.1, -0.05) is 12.1 Å². The number of halogens is 1. The number of amides is 1. The molecule has 21 heavy (non-hydrogen) atoms. The SMILES string of the molecule is COc1cccc(NC(=O)COc2c(N)cccc2Br)c1. The molecule has 0 bridgehead atoms. The second kappa shape index (κ2) is 6.99. The lowest BCUT2D eigenvalue weighted by atomic mass is 10.3. The predicted molar refractivity (Wildman–Crippen MR) is 85.7 cm³/mol. The smallest absolute Gasteiger partial charge is 0.262 e. The van der Waals surface area contributed by atoms with Gasteiger partial charge < -0.3 is 20.5 Å². The number of nitrogens with two attached hydrogens (primary N) is 1. The molecule has 0 aliphatic carbocycles. The van der Waals surface area contributed by atoms with Crippen LogP contribution < -0.4 is 20.5 Å². The molecule has 0 aromatic heterocycles. The molecule has 2 rings (SSSR count). The highest BCUT2D eigenvalue weighted by molar-refractivity contribution is 9.10. The summed E-state index contributed by atoms with van der Waals surface area (Å²) in [7, 11) is 1.57. The van der Waals surface area contributed by atoms with Crippen molar-refractivity contribution in [2.45, 2.75) is 0 Å². The van der Waals surface area contributed by atoms with Crippen LogP contribution in [0.15, 0.2) is 46.9 Å². The summed E-state index contributed by atoms with van der Waals surface area (Å²) < 4.78 is 11.2. The van der Waals surface area contributed by atoms with Gasteiger partial charge in [-0.15, -0.1) is 0 Å². The van der Waals surface area contributed by atoms with Crippen molar-refractivity contribution in [3.8, 4) is 11.5 Å². The Bertz CT molecular complexity index is 626. The van der Waals surface area contributed by atoms with Gasteiger partial charge in [0.15, 0.2) is 12.4 Å². The lowest BCUT2D eigenvalue weighted by molar-refractivity contribution is -0.118. The summed E-state index contributed by atoms with van der Waals surface area (Å²) in [5.74, 6) is 0.848. The van der Waals surface area contributed by atoms with Crippen LogP contribution >= 0.6 is 15.9 Å². The fraction of sp³-hybridized carbons (Fsp3) is 0.133. The van der Waals surface area contributed by atoms with Gasteiger partial charge in [0.2, 0.25) is 0 Å². The van der Waals surface area contributed by atoms with Crippen molar-refractivity contribution in [2.24, 2.45) is 0 Å². The predicted octanol–water partition coefficient (Wildman–Crippen LogP) is 3.06. The molecule has 0 unspecified atom stereocenters. The Kier molecular flexibility index (Phi) is 5.05. The molecule has 6 heteroatoms. The molecule has 2 aromatic rings. The van der Waals surface area contributed by atoms with E-state index in [1.54, 1.807) is 49.6 Å². The van der Waals surface area contributed by atoms with E-state index in [1.807, 2.05) is 0 Å². The molecule has 0 atom stereocenters. The van der Waals surface area contributed by atoms with Crippen LogP contribution in [0.3, 0.4) is 0 Å². The number of hydrogen-bond donors (Lipinski definition) is 2. The highest BCUT2D eigenvalue weighted by atomic mass is 79.9. The van der Waals surface area contributed by atoms with Crippen molar-refractivity contribution in [3.63, 3.8) is 0 Å². The maximum Gasteiger partial charge on any atom is 0.262 e. The largest absolute Gasteiger partial charge is 0.497 e. The third-order valence-corrected chi connectivity index (χ3v) is 3.32. The summed E-state index contributed by atoms with van der Waals surface area (Å²) in [6.07, 6.45) is 0. The standard InChI is InChI=1S/C15H15BrN2O3/c1-20-11-5-2-4-10(8-11)18-14(19)9-21-15-12(16)6-3-7-13(15)17/h2-8H,9,17H2,1H3,(H,18,19). The molecule has 1 amide bonds. The number of methoxy groups -OCH3 is 1. The lowest BCUT2D eigenvalue weighted by Crippen LogP contribution is -2.20.